The minimum atomic E-state index is -0.0940. The highest BCUT2D eigenvalue weighted by atomic mass is 16.5. The Morgan fingerprint density at radius 3 is 2.82 bits per heavy atom. The number of amides is 1. The number of nitrogens with zero attached hydrogens (tertiary/aromatic N) is 2. The molecule has 1 aliphatic carbocycles. The summed E-state index contributed by atoms with van der Waals surface area (Å²) in [6.45, 7) is 3.52. The molecule has 0 bridgehead atoms. The van der Waals surface area contributed by atoms with Crippen molar-refractivity contribution in [2.24, 2.45) is 10.5 Å². The summed E-state index contributed by atoms with van der Waals surface area (Å²) in [4.78, 5) is 12.5. The van der Waals surface area contributed by atoms with Crippen molar-refractivity contribution in [1.82, 2.24) is 5.01 Å². The molecule has 3 aliphatic rings. The monoisotopic (exact) mass is 236 g/mol. The van der Waals surface area contributed by atoms with E-state index in [4.69, 9.17) is 4.74 Å². The van der Waals surface area contributed by atoms with Crippen molar-refractivity contribution in [1.29, 1.82) is 0 Å². The van der Waals surface area contributed by atoms with Crippen LogP contribution in [0.5, 0.6) is 0 Å². The topological polar surface area (TPSA) is 41.9 Å². The Morgan fingerprint density at radius 2 is 2.24 bits per heavy atom. The normalized spacial score (nSPS) is 32.3. The molecule has 0 aromatic heterocycles. The molecule has 3 rings (SSSR count). The van der Waals surface area contributed by atoms with E-state index in [1.165, 1.54) is 6.42 Å². The minimum absolute atomic E-state index is 0.0940. The summed E-state index contributed by atoms with van der Waals surface area (Å²) >= 11 is 0. The molecule has 94 valence electrons. The third-order valence-electron chi connectivity index (χ3n) is 4.33. The average molecular weight is 236 g/mol. The Bertz CT molecular complexity index is 354. The lowest BCUT2D eigenvalue weighted by Gasteiger charge is -2.47. The number of carbonyl (C=O) groups excluding carboxylic acids is 1. The van der Waals surface area contributed by atoms with Gasteiger partial charge in [0.05, 0.1) is 18.1 Å². The highest BCUT2D eigenvalue weighted by Crippen LogP contribution is 2.48. The van der Waals surface area contributed by atoms with Gasteiger partial charge in [0.15, 0.2) is 0 Å². The summed E-state index contributed by atoms with van der Waals surface area (Å²) < 4.78 is 5.48. The molecule has 1 atom stereocenters. The van der Waals surface area contributed by atoms with Gasteiger partial charge in [0.2, 0.25) is 5.91 Å². The van der Waals surface area contributed by atoms with Crippen LogP contribution in [-0.2, 0) is 9.53 Å². The van der Waals surface area contributed by atoms with E-state index in [1.54, 1.807) is 5.01 Å². The van der Waals surface area contributed by atoms with Crippen molar-refractivity contribution in [3.8, 4) is 0 Å². The summed E-state index contributed by atoms with van der Waals surface area (Å²) in [7, 11) is 0. The zero-order chi connectivity index (χ0) is 11.9. The number of hydrogen-bond acceptors (Lipinski definition) is 3. The third kappa shape index (κ3) is 1.79. The van der Waals surface area contributed by atoms with Gasteiger partial charge in [-0.3, -0.25) is 4.79 Å². The van der Waals surface area contributed by atoms with Crippen LogP contribution in [0.2, 0.25) is 0 Å². The van der Waals surface area contributed by atoms with E-state index >= 15 is 0 Å². The molecular weight excluding hydrogens is 216 g/mol. The third-order valence-corrected chi connectivity index (χ3v) is 4.33. The quantitative estimate of drug-likeness (QED) is 0.698. The molecule has 4 nitrogen and oxygen atoms in total. The van der Waals surface area contributed by atoms with Crippen LogP contribution >= 0.6 is 0 Å². The molecule has 1 unspecified atom stereocenters. The van der Waals surface area contributed by atoms with Crippen LogP contribution in [0.15, 0.2) is 5.10 Å². The minimum Gasteiger partial charge on any atom is -0.379 e. The first-order valence-electron chi connectivity index (χ1n) is 6.67. The molecule has 1 amide bonds. The Kier molecular flexibility index (Phi) is 2.69. The van der Waals surface area contributed by atoms with Gasteiger partial charge in [-0.05, 0) is 32.6 Å². The van der Waals surface area contributed by atoms with E-state index in [0.717, 1.165) is 44.4 Å². The van der Waals surface area contributed by atoms with Gasteiger partial charge in [0, 0.05) is 18.7 Å². The molecule has 2 aliphatic heterocycles. The maximum Gasteiger partial charge on any atom is 0.249 e. The van der Waals surface area contributed by atoms with Crippen LogP contribution in [0.25, 0.3) is 0 Å². The number of carbonyl (C=O) groups is 1. The second-order valence-corrected chi connectivity index (χ2v) is 5.67. The van der Waals surface area contributed by atoms with E-state index in [1.807, 2.05) is 6.92 Å². The van der Waals surface area contributed by atoms with Crippen molar-refractivity contribution >= 4 is 11.6 Å². The Balaban J connectivity index is 1.82. The van der Waals surface area contributed by atoms with Crippen molar-refractivity contribution in [2.45, 2.75) is 51.5 Å². The largest absolute Gasteiger partial charge is 0.379 e. The summed E-state index contributed by atoms with van der Waals surface area (Å²) in [6, 6.07) is 0.170. The molecule has 1 spiro atoms. The maximum atomic E-state index is 12.5. The summed E-state index contributed by atoms with van der Waals surface area (Å²) in [5, 5.41) is 6.23. The summed E-state index contributed by atoms with van der Waals surface area (Å²) in [6.07, 6.45) is 6.21. The molecule has 1 saturated heterocycles. The molecule has 0 radical (unpaired) electrons. The number of rotatable bonds is 1. The standard InChI is InChI=1S/C13H20N2O2/c1-10-8-13(5-3-6-13)12(16)15(14-10)11-4-2-7-17-9-11/h11H,2-9H2,1H3. The van der Waals surface area contributed by atoms with Crippen LogP contribution in [0, 0.1) is 5.41 Å². The molecular formula is C13H20N2O2. The molecule has 4 heteroatoms. The second kappa shape index (κ2) is 4.09. The van der Waals surface area contributed by atoms with Crippen LogP contribution in [-0.4, -0.2) is 35.9 Å². The first kappa shape index (κ1) is 11.2. The average Bonchev–Trinajstić information content (AvgIpc) is 2.31. The van der Waals surface area contributed by atoms with E-state index in [2.05, 4.69) is 5.10 Å². The van der Waals surface area contributed by atoms with Gasteiger partial charge in [-0.25, -0.2) is 5.01 Å². The fourth-order valence-corrected chi connectivity index (χ4v) is 3.23. The van der Waals surface area contributed by atoms with E-state index in [9.17, 15) is 4.79 Å². The van der Waals surface area contributed by atoms with Gasteiger partial charge in [-0.1, -0.05) is 6.42 Å². The molecule has 2 fully saturated rings. The fourth-order valence-electron chi connectivity index (χ4n) is 3.23. The zero-order valence-corrected chi connectivity index (χ0v) is 10.4. The molecule has 0 aromatic carbocycles. The maximum absolute atomic E-state index is 12.5. The van der Waals surface area contributed by atoms with Gasteiger partial charge in [0.25, 0.3) is 0 Å². The molecule has 0 aromatic rings. The van der Waals surface area contributed by atoms with Crippen LogP contribution in [0.3, 0.4) is 0 Å². The SMILES string of the molecule is CC1=NN(C2CCCOC2)C(=O)C2(CCC2)C1. The zero-order valence-electron chi connectivity index (χ0n) is 10.4. The van der Waals surface area contributed by atoms with Crippen molar-refractivity contribution in [2.75, 3.05) is 13.2 Å². The highest BCUT2D eigenvalue weighted by Gasteiger charge is 2.50. The van der Waals surface area contributed by atoms with Crippen LogP contribution in [0.4, 0.5) is 0 Å². The molecule has 0 N–H and O–H groups in total. The lowest BCUT2D eigenvalue weighted by molar-refractivity contribution is -0.154. The van der Waals surface area contributed by atoms with Crippen molar-refractivity contribution in [3.63, 3.8) is 0 Å². The fraction of sp³-hybridized carbons (Fsp3) is 0.846. The van der Waals surface area contributed by atoms with Crippen molar-refractivity contribution in [3.05, 3.63) is 0 Å². The van der Waals surface area contributed by atoms with Gasteiger partial charge in [0.1, 0.15) is 0 Å². The van der Waals surface area contributed by atoms with E-state index < -0.39 is 0 Å². The highest BCUT2D eigenvalue weighted by molar-refractivity contribution is 5.95. The van der Waals surface area contributed by atoms with Crippen LogP contribution < -0.4 is 0 Å². The van der Waals surface area contributed by atoms with Gasteiger partial charge >= 0.3 is 0 Å². The Labute approximate surface area is 102 Å². The second-order valence-electron chi connectivity index (χ2n) is 5.67. The van der Waals surface area contributed by atoms with Crippen molar-refractivity contribution < 1.29 is 9.53 Å². The first-order valence-corrected chi connectivity index (χ1v) is 6.67. The van der Waals surface area contributed by atoms with Gasteiger partial charge < -0.3 is 4.74 Å². The Hall–Kier alpha value is -0.900. The summed E-state index contributed by atoms with van der Waals surface area (Å²) in [5.41, 5.74) is 1.01. The predicted molar refractivity (Wildman–Crippen MR) is 64.7 cm³/mol. The van der Waals surface area contributed by atoms with Crippen LogP contribution in [0.1, 0.15) is 45.4 Å². The van der Waals surface area contributed by atoms with E-state index in [0.29, 0.717) is 6.61 Å². The molecule has 1 saturated carbocycles. The molecule has 2 heterocycles. The number of ether oxygens (including phenoxy) is 1. The Morgan fingerprint density at radius 1 is 1.41 bits per heavy atom. The summed E-state index contributed by atoms with van der Waals surface area (Å²) in [5.74, 6) is 0.254. The number of hydrogen-bond donors (Lipinski definition) is 0. The molecule has 17 heavy (non-hydrogen) atoms. The van der Waals surface area contributed by atoms with E-state index in [-0.39, 0.29) is 17.4 Å². The van der Waals surface area contributed by atoms with Gasteiger partial charge in [-0.2, -0.15) is 5.10 Å². The lowest BCUT2D eigenvalue weighted by Crippen LogP contribution is -2.54. The smallest absolute Gasteiger partial charge is 0.249 e. The lowest BCUT2D eigenvalue weighted by atomic mass is 9.64. The van der Waals surface area contributed by atoms with Gasteiger partial charge in [-0.15, -0.1) is 0 Å². The first-order chi connectivity index (χ1) is 8.21. The number of hydrazone groups is 1. The predicted octanol–water partition coefficient (Wildman–Crippen LogP) is 1.94.